The molecule has 0 radical (unpaired) electrons. The lowest BCUT2D eigenvalue weighted by Crippen LogP contribution is -2.42. The van der Waals surface area contributed by atoms with Crippen molar-refractivity contribution in [3.63, 3.8) is 0 Å². The maximum atomic E-state index is 13.7. The third kappa shape index (κ3) is 4.58. The van der Waals surface area contributed by atoms with E-state index in [1.54, 1.807) is 23.2 Å². The van der Waals surface area contributed by atoms with E-state index in [1.807, 2.05) is 42.5 Å². The molecular formula is C31H28N2O3S. The second-order valence-electron chi connectivity index (χ2n) is 9.70. The molecule has 0 saturated heterocycles. The number of ether oxygens (including phenoxy) is 1. The Morgan fingerprint density at radius 1 is 1.00 bits per heavy atom. The minimum absolute atomic E-state index is 0.159. The van der Waals surface area contributed by atoms with E-state index in [0.717, 1.165) is 59.0 Å². The van der Waals surface area contributed by atoms with Crippen molar-refractivity contribution < 1.29 is 14.3 Å². The van der Waals surface area contributed by atoms with Crippen molar-refractivity contribution in [3.8, 4) is 0 Å². The molecule has 2 aliphatic rings. The Balaban J connectivity index is 1.31. The molecule has 6 rings (SSSR count). The number of hydrogen-bond donors (Lipinski definition) is 0. The minimum atomic E-state index is -0.870. The number of esters is 1. The molecule has 4 aromatic rings. The van der Waals surface area contributed by atoms with Gasteiger partial charge in [-0.25, -0.2) is 9.78 Å². The van der Waals surface area contributed by atoms with Gasteiger partial charge < -0.3 is 9.64 Å². The number of para-hydroxylation sites is 1. The number of amides is 1. The number of carbonyl (C=O) groups is 2. The van der Waals surface area contributed by atoms with Crippen LogP contribution in [0.3, 0.4) is 0 Å². The Labute approximate surface area is 220 Å². The Hall–Kier alpha value is -3.77. The first kappa shape index (κ1) is 23.6. The smallest absolute Gasteiger partial charge is 0.339 e. The Kier molecular flexibility index (Phi) is 6.35. The summed E-state index contributed by atoms with van der Waals surface area (Å²) >= 11 is 1.69. The number of benzene rings is 2. The summed E-state index contributed by atoms with van der Waals surface area (Å²) in [6.07, 6.45) is 4.72. The molecule has 1 amide bonds. The van der Waals surface area contributed by atoms with Gasteiger partial charge in [-0.3, -0.25) is 4.79 Å². The SMILES string of the molecule is C[C@@H](OC(=O)c1c2c(nc3ccccc13)/C(=C/c1cccs1)CCC2)C(=O)N1CCc2ccccc2C1. The van der Waals surface area contributed by atoms with Gasteiger partial charge in [0, 0.05) is 23.4 Å². The minimum Gasteiger partial charge on any atom is -0.449 e. The molecule has 186 valence electrons. The molecule has 37 heavy (non-hydrogen) atoms. The number of hydrogen-bond acceptors (Lipinski definition) is 5. The fourth-order valence-electron chi connectivity index (χ4n) is 5.46. The fourth-order valence-corrected chi connectivity index (χ4v) is 6.15. The summed E-state index contributed by atoms with van der Waals surface area (Å²) in [4.78, 5) is 34.9. The zero-order valence-electron chi connectivity index (χ0n) is 20.8. The van der Waals surface area contributed by atoms with Crippen molar-refractivity contribution in [1.82, 2.24) is 9.88 Å². The van der Waals surface area contributed by atoms with E-state index in [2.05, 4.69) is 29.7 Å². The molecule has 2 aromatic heterocycles. The second kappa shape index (κ2) is 9.94. The molecule has 3 heterocycles. The third-order valence-corrected chi connectivity index (χ3v) is 8.13. The third-order valence-electron chi connectivity index (χ3n) is 7.31. The van der Waals surface area contributed by atoms with Gasteiger partial charge in [0.25, 0.3) is 5.91 Å². The van der Waals surface area contributed by atoms with Crippen LogP contribution in [-0.4, -0.2) is 34.4 Å². The number of nitrogens with zero attached hydrogens (tertiary/aromatic N) is 2. The molecule has 0 spiro atoms. The maximum absolute atomic E-state index is 13.7. The van der Waals surface area contributed by atoms with Crippen LogP contribution in [-0.2, 0) is 28.9 Å². The zero-order valence-corrected chi connectivity index (χ0v) is 21.6. The van der Waals surface area contributed by atoms with Crippen molar-refractivity contribution in [3.05, 3.63) is 98.9 Å². The van der Waals surface area contributed by atoms with Crippen LogP contribution in [0.2, 0.25) is 0 Å². The predicted molar refractivity (Wildman–Crippen MR) is 147 cm³/mol. The fraction of sp³-hybridized carbons (Fsp3) is 0.258. The average molecular weight is 509 g/mol. The lowest BCUT2D eigenvalue weighted by molar-refractivity contribution is -0.140. The molecule has 1 atom stereocenters. The Morgan fingerprint density at radius 3 is 2.65 bits per heavy atom. The highest BCUT2D eigenvalue weighted by Gasteiger charge is 2.30. The van der Waals surface area contributed by atoms with Gasteiger partial charge in [0.1, 0.15) is 0 Å². The highest BCUT2D eigenvalue weighted by Crippen LogP contribution is 2.37. The summed E-state index contributed by atoms with van der Waals surface area (Å²) in [5.74, 6) is -0.612. The lowest BCUT2D eigenvalue weighted by Gasteiger charge is -2.31. The van der Waals surface area contributed by atoms with Crippen molar-refractivity contribution in [2.75, 3.05) is 6.54 Å². The van der Waals surface area contributed by atoms with Crippen molar-refractivity contribution in [1.29, 1.82) is 0 Å². The molecule has 1 aliphatic carbocycles. The number of fused-ring (bicyclic) bond motifs is 3. The van der Waals surface area contributed by atoms with Crippen molar-refractivity contribution in [2.45, 2.75) is 45.3 Å². The number of pyridine rings is 1. The van der Waals surface area contributed by atoms with Crippen LogP contribution in [0, 0.1) is 0 Å². The summed E-state index contributed by atoms with van der Waals surface area (Å²) in [6.45, 7) is 2.85. The van der Waals surface area contributed by atoms with Gasteiger partial charge in [0.15, 0.2) is 6.10 Å². The van der Waals surface area contributed by atoms with Crippen LogP contribution in [0.5, 0.6) is 0 Å². The number of rotatable bonds is 4. The van der Waals surface area contributed by atoms with E-state index in [9.17, 15) is 9.59 Å². The van der Waals surface area contributed by atoms with Gasteiger partial charge in [-0.2, -0.15) is 0 Å². The van der Waals surface area contributed by atoms with Crippen LogP contribution in [0.15, 0.2) is 66.0 Å². The summed E-state index contributed by atoms with van der Waals surface area (Å²) in [5, 5.41) is 2.83. The quantitative estimate of drug-likeness (QED) is 0.304. The first-order valence-electron chi connectivity index (χ1n) is 12.8. The normalized spacial score (nSPS) is 16.8. The highest BCUT2D eigenvalue weighted by molar-refractivity contribution is 7.10. The summed E-state index contributed by atoms with van der Waals surface area (Å²) in [5.41, 5.74) is 6.66. The van der Waals surface area contributed by atoms with Gasteiger partial charge in [0.2, 0.25) is 0 Å². The average Bonchev–Trinajstić information content (AvgIpc) is 3.44. The van der Waals surface area contributed by atoms with Gasteiger partial charge in [-0.1, -0.05) is 48.5 Å². The summed E-state index contributed by atoms with van der Waals surface area (Å²) in [7, 11) is 0. The number of thiophene rings is 1. The van der Waals surface area contributed by atoms with Crippen molar-refractivity contribution >= 4 is 45.8 Å². The molecule has 0 saturated carbocycles. The first-order chi connectivity index (χ1) is 18.1. The van der Waals surface area contributed by atoms with E-state index >= 15 is 0 Å². The predicted octanol–water partition coefficient (Wildman–Crippen LogP) is 6.30. The number of aromatic nitrogens is 1. The number of carbonyl (C=O) groups excluding carboxylic acids is 2. The second-order valence-corrected chi connectivity index (χ2v) is 10.7. The number of allylic oxidation sites excluding steroid dienone is 1. The maximum Gasteiger partial charge on any atom is 0.339 e. The van der Waals surface area contributed by atoms with Crippen molar-refractivity contribution in [2.24, 2.45) is 0 Å². The summed E-state index contributed by atoms with van der Waals surface area (Å²) in [6, 6.07) is 20.0. The largest absolute Gasteiger partial charge is 0.449 e. The molecular weight excluding hydrogens is 480 g/mol. The van der Waals surface area contributed by atoms with Gasteiger partial charge in [-0.15, -0.1) is 11.3 Å². The zero-order chi connectivity index (χ0) is 25.4. The molecule has 0 fully saturated rings. The molecule has 5 nitrogen and oxygen atoms in total. The van der Waals surface area contributed by atoms with E-state index in [0.29, 0.717) is 18.7 Å². The highest BCUT2D eigenvalue weighted by atomic mass is 32.1. The van der Waals surface area contributed by atoms with Crippen LogP contribution in [0.4, 0.5) is 0 Å². The van der Waals surface area contributed by atoms with Crippen LogP contribution in [0.1, 0.15) is 57.4 Å². The molecule has 0 bridgehead atoms. The summed E-state index contributed by atoms with van der Waals surface area (Å²) < 4.78 is 5.88. The van der Waals surface area contributed by atoms with E-state index in [-0.39, 0.29) is 5.91 Å². The molecule has 0 N–H and O–H groups in total. The van der Waals surface area contributed by atoms with Crippen LogP contribution in [0.25, 0.3) is 22.6 Å². The lowest BCUT2D eigenvalue weighted by atomic mass is 9.86. The van der Waals surface area contributed by atoms with E-state index < -0.39 is 12.1 Å². The van der Waals surface area contributed by atoms with Crippen LogP contribution >= 0.6 is 11.3 Å². The Morgan fingerprint density at radius 2 is 1.81 bits per heavy atom. The van der Waals surface area contributed by atoms with Gasteiger partial charge in [0.05, 0.1) is 16.8 Å². The molecule has 0 unspecified atom stereocenters. The van der Waals surface area contributed by atoms with E-state index in [4.69, 9.17) is 9.72 Å². The molecule has 2 aromatic carbocycles. The topological polar surface area (TPSA) is 59.5 Å². The van der Waals surface area contributed by atoms with Gasteiger partial charge >= 0.3 is 5.97 Å². The van der Waals surface area contributed by atoms with Crippen LogP contribution < -0.4 is 0 Å². The molecule has 6 heteroatoms. The monoisotopic (exact) mass is 508 g/mol. The van der Waals surface area contributed by atoms with Gasteiger partial charge in [-0.05, 0) is 78.5 Å². The Bertz CT molecular complexity index is 1520. The van der Waals surface area contributed by atoms with E-state index in [1.165, 1.54) is 10.4 Å². The standard InChI is InChI=1S/C31H28N2O3S/c1-20(30(34)33-16-15-21-8-2-3-9-23(21)19-33)36-31(35)28-25-12-4-5-14-27(25)32-29-22(10-6-13-26(28)29)18-24-11-7-17-37-24/h2-5,7-9,11-12,14,17-18,20H,6,10,13,15-16,19H2,1H3/b22-18+/t20-/m1/s1. The molecule has 1 aliphatic heterocycles. The first-order valence-corrected chi connectivity index (χ1v) is 13.7.